The molecule has 98 valence electrons. The first-order chi connectivity index (χ1) is 8.72. The van der Waals surface area contributed by atoms with Crippen LogP contribution in [0.2, 0.25) is 0 Å². The molecule has 0 unspecified atom stereocenters. The van der Waals surface area contributed by atoms with Crippen LogP contribution in [0.5, 0.6) is 5.75 Å². The first-order valence-electron chi connectivity index (χ1n) is 6.44. The van der Waals surface area contributed by atoms with Crippen LogP contribution in [0.15, 0.2) is 22.7 Å². The average Bonchev–Trinajstić information content (AvgIpc) is 2.27. The van der Waals surface area contributed by atoms with Crippen LogP contribution in [0, 0.1) is 0 Å². The third-order valence-electron chi connectivity index (χ3n) is 3.07. The van der Waals surface area contributed by atoms with Gasteiger partial charge in [-0.3, -0.25) is 4.79 Å². The molecule has 1 aromatic carbocycles. The molecule has 1 aromatic rings. The van der Waals surface area contributed by atoms with E-state index in [1.54, 1.807) is 0 Å². The second kappa shape index (κ2) is 6.23. The van der Waals surface area contributed by atoms with Gasteiger partial charge in [-0.2, -0.15) is 0 Å². The molecule has 1 saturated heterocycles. The highest BCUT2D eigenvalue weighted by Gasteiger charge is 2.24. The van der Waals surface area contributed by atoms with E-state index in [9.17, 15) is 4.79 Å². The van der Waals surface area contributed by atoms with Crippen molar-refractivity contribution in [3.05, 3.63) is 28.2 Å². The fraction of sp³-hybridized carbons (Fsp3) is 0.500. The molecule has 0 bridgehead atoms. The Labute approximate surface area is 116 Å². The zero-order valence-electron chi connectivity index (χ0n) is 10.6. The molecule has 1 heterocycles. The van der Waals surface area contributed by atoms with Crippen molar-refractivity contribution in [3.8, 4) is 5.75 Å². The maximum atomic E-state index is 12.2. The van der Waals surface area contributed by atoms with Gasteiger partial charge in [0.05, 0.1) is 12.2 Å². The fourth-order valence-electron chi connectivity index (χ4n) is 1.81. The highest BCUT2D eigenvalue weighted by atomic mass is 79.9. The summed E-state index contributed by atoms with van der Waals surface area (Å²) in [6.45, 7) is 4.51. The van der Waals surface area contributed by atoms with Crippen molar-refractivity contribution < 1.29 is 9.53 Å². The first-order valence-corrected chi connectivity index (χ1v) is 7.23. The number of likely N-dealkylation sites (tertiary alicyclic amines) is 1. The van der Waals surface area contributed by atoms with Gasteiger partial charge < -0.3 is 9.64 Å². The van der Waals surface area contributed by atoms with E-state index in [0.29, 0.717) is 17.9 Å². The lowest BCUT2D eigenvalue weighted by Crippen LogP contribution is -2.42. The number of carbonyl (C=O) groups excluding carboxylic acids is 1. The van der Waals surface area contributed by atoms with Crippen LogP contribution in [0.1, 0.15) is 36.5 Å². The van der Waals surface area contributed by atoms with Gasteiger partial charge in [0.25, 0.3) is 5.91 Å². The van der Waals surface area contributed by atoms with Crippen LogP contribution in [0.25, 0.3) is 0 Å². The Balaban J connectivity index is 2.14. The lowest BCUT2D eigenvalue weighted by molar-refractivity contribution is 0.0647. The molecule has 3 nitrogen and oxygen atoms in total. The molecular weight excluding hydrogens is 294 g/mol. The summed E-state index contributed by atoms with van der Waals surface area (Å²) >= 11 is 3.42. The van der Waals surface area contributed by atoms with E-state index < -0.39 is 0 Å². The van der Waals surface area contributed by atoms with Crippen LogP contribution in [-0.2, 0) is 0 Å². The van der Waals surface area contributed by atoms with E-state index in [0.717, 1.165) is 36.8 Å². The maximum absolute atomic E-state index is 12.2. The van der Waals surface area contributed by atoms with Crippen LogP contribution in [0.4, 0.5) is 0 Å². The van der Waals surface area contributed by atoms with Gasteiger partial charge in [-0.25, -0.2) is 0 Å². The predicted octanol–water partition coefficient (Wildman–Crippen LogP) is 3.47. The van der Waals surface area contributed by atoms with Crippen molar-refractivity contribution in [2.45, 2.75) is 26.2 Å². The Hall–Kier alpha value is -1.03. The monoisotopic (exact) mass is 311 g/mol. The zero-order chi connectivity index (χ0) is 13.0. The quantitative estimate of drug-likeness (QED) is 0.779. The smallest absolute Gasteiger partial charge is 0.257 e. The predicted molar refractivity (Wildman–Crippen MR) is 75.1 cm³/mol. The molecular formula is C14H18BrNO2. The summed E-state index contributed by atoms with van der Waals surface area (Å²) in [6, 6.07) is 5.61. The summed E-state index contributed by atoms with van der Waals surface area (Å²) in [5, 5.41) is 0. The van der Waals surface area contributed by atoms with Crippen LogP contribution in [-0.4, -0.2) is 30.5 Å². The van der Waals surface area contributed by atoms with Gasteiger partial charge in [-0.15, -0.1) is 0 Å². The number of unbranched alkanes of at least 4 members (excludes halogenated alkanes) is 1. The van der Waals surface area contributed by atoms with Crippen molar-refractivity contribution in [1.82, 2.24) is 4.90 Å². The summed E-state index contributed by atoms with van der Waals surface area (Å²) in [5.74, 6) is 0.773. The Kier molecular flexibility index (Phi) is 4.64. The SMILES string of the molecule is CCCCOc1cc(Br)ccc1C(=O)N1CCC1. The Morgan fingerprint density at radius 1 is 1.44 bits per heavy atom. The molecule has 0 aromatic heterocycles. The molecule has 0 radical (unpaired) electrons. The minimum Gasteiger partial charge on any atom is -0.493 e. The summed E-state index contributed by atoms with van der Waals surface area (Å²) in [6.07, 6.45) is 3.20. The molecule has 0 aliphatic carbocycles. The number of nitrogens with zero attached hydrogens (tertiary/aromatic N) is 1. The number of ether oxygens (including phenoxy) is 1. The number of rotatable bonds is 5. The molecule has 18 heavy (non-hydrogen) atoms. The van der Waals surface area contributed by atoms with E-state index in [2.05, 4.69) is 22.9 Å². The normalized spacial score (nSPS) is 14.2. The standard InChI is InChI=1S/C14H18BrNO2/c1-2-3-9-18-13-10-11(15)5-6-12(13)14(17)16-7-4-8-16/h5-6,10H,2-4,7-9H2,1H3. The second-order valence-electron chi connectivity index (χ2n) is 4.49. The van der Waals surface area contributed by atoms with Crippen molar-refractivity contribution in [1.29, 1.82) is 0 Å². The van der Waals surface area contributed by atoms with Gasteiger partial charge in [0.15, 0.2) is 0 Å². The fourth-order valence-corrected chi connectivity index (χ4v) is 2.15. The largest absolute Gasteiger partial charge is 0.493 e. The van der Waals surface area contributed by atoms with E-state index in [-0.39, 0.29) is 5.91 Å². The third kappa shape index (κ3) is 3.05. The van der Waals surface area contributed by atoms with Gasteiger partial charge in [0.2, 0.25) is 0 Å². The lowest BCUT2D eigenvalue weighted by atomic mass is 10.1. The van der Waals surface area contributed by atoms with Crippen molar-refractivity contribution in [2.75, 3.05) is 19.7 Å². The molecule has 4 heteroatoms. The highest BCUT2D eigenvalue weighted by Crippen LogP contribution is 2.26. The van der Waals surface area contributed by atoms with Crippen LogP contribution < -0.4 is 4.74 Å². The number of carbonyl (C=O) groups is 1. The van der Waals surface area contributed by atoms with E-state index >= 15 is 0 Å². The molecule has 1 fully saturated rings. The van der Waals surface area contributed by atoms with Gasteiger partial charge in [0.1, 0.15) is 5.75 Å². The number of halogens is 1. The molecule has 1 aliphatic heterocycles. The number of amides is 1. The average molecular weight is 312 g/mol. The molecule has 0 saturated carbocycles. The zero-order valence-corrected chi connectivity index (χ0v) is 12.2. The Morgan fingerprint density at radius 3 is 2.83 bits per heavy atom. The molecule has 0 atom stereocenters. The molecule has 1 amide bonds. The maximum Gasteiger partial charge on any atom is 0.257 e. The molecule has 1 aliphatic rings. The summed E-state index contributed by atoms with van der Waals surface area (Å²) in [5.41, 5.74) is 0.675. The topological polar surface area (TPSA) is 29.5 Å². The van der Waals surface area contributed by atoms with Gasteiger partial charge >= 0.3 is 0 Å². The Morgan fingerprint density at radius 2 is 2.22 bits per heavy atom. The number of hydrogen-bond acceptors (Lipinski definition) is 2. The number of benzene rings is 1. The van der Waals surface area contributed by atoms with Crippen LogP contribution >= 0.6 is 15.9 Å². The number of hydrogen-bond donors (Lipinski definition) is 0. The summed E-state index contributed by atoms with van der Waals surface area (Å²) in [7, 11) is 0. The van der Waals surface area contributed by atoms with E-state index in [1.165, 1.54) is 0 Å². The van der Waals surface area contributed by atoms with Crippen LogP contribution in [0.3, 0.4) is 0 Å². The van der Waals surface area contributed by atoms with Crippen molar-refractivity contribution in [3.63, 3.8) is 0 Å². The van der Waals surface area contributed by atoms with Crippen molar-refractivity contribution in [2.24, 2.45) is 0 Å². The van der Waals surface area contributed by atoms with E-state index in [4.69, 9.17) is 4.74 Å². The minimum atomic E-state index is 0.0836. The molecule has 0 N–H and O–H groups in total. The highest BCUT2D eigenvalue weighted by molar-refractivity contribution is 9.10. The molecule has 0 spiro atoms. The second-order valence-corrected chi connectivity index (χ2v) is 5.40. The summed E-state index contributed by atoms with van der Waals surface area (Å²) < 4.78 is 6.66. The third-order valence-corrected chi connectivity index (χ3v) is 3.57. The lowest BCUT2D eigenvalue weighted by Gasteiger charge is -2.31. The van der Waals surface area contributed by atoms with Gasteiger partial charge in [-0.05, 0) is 31.0 Å². The first kappa shape index (κ1) is 13.4. The summed E-state index contributed by atoms with van der Waals surface area (Å²) in [4.78, 5) is 14.1. The van der Waals surface area contributed by atoms with E-state index in [1.807, 2.05) is 23.1 Å². The van der Waals surface area contributed by atoms with Gasteiger partial charge in [-0.1, -0.05) is 29.3 Å². The molecule has 2 rings (SSSR count). The minimum absolute atomic E-state index is 0.0836. The van der Waals surface area contributed by atoms with Gasteiger partial charge in [0, 0.05) is 17.6 Å². The Bertz CT molecular complexity index is 430. The van der Waals surface area contributed by atoms with Crippen molar-refractivity contribution >= 4 is 21.8 Å².